The Bertz CT molecular complexity index is 1560. The van der Waals surface area contributed by atoms with Crippen LogP contribution in [0.15, 0.2) is 97.1 Å². The predicted octanol–water partition coefficient (Wildman–Crippen LogP) is 7.63. The molecule has 9 heteroatoms. The van der Waals surface area contributed by atoms with Crippen LogP contribution in [0.4, 0.5) is 21.0 Å². The Hall–Kier alpha value is -5.33. The van der Waals surface area contributed by atoms with E-state index in [1.807, 2.05) is 48.5 Å². The fourth-order valence-electron chi connectivity index (χ4n) is 4.38. The number of hydrogen-bond acceptors (Lipinski definition) is 7. The molecule has 0 saturated heterocycles. The fourth-order valence-corrected chi connectivity index (χ4v) is 4.38. The number of rotatable bonds is 13. The number of carbonyl (C=O) groups is 2. The Morgan fingerprint density at radius 1 is 0.667 bits per heavy atom. The number of amides is 2. The number of ether oxygens (including phenoxy) is 4. The maximum Gasteiger partial charge on any atom is 0.411 e. The van der Waals surface area contributed by atoms with Crippen LogP contribution < -0.4 is 15.4 Å². The first-order chi connectivity index (χ1) is 21.7. The lowest BCUT2D eigenvalue weighted by atomic mass is 10.0. The summed E-state index contributed by atoms with van der Waals surface area (Å²) in [6.45, 7) is 5.74. The molecule has 0 saturated carbocycles. The van der Waals surface area contributed by atoms with Gasteiger partial charge in [-0.05, 0) is 92.3 Å². The number of hydrogen-bond donors (Lipinski definition) is 2. The summed E-state index contributed by atoms with van der Waals surface area (Å²) in [5, 5.41) is 14.0. The molecule has 2 unspecified atom stereocenters. The quantitative estimate of drug-likeness (QED) is 0.150. The first kappa shape index (κ1) is 32.6. The molecule has 0 spiro atoms. The molecule has 0 aliphatic heterocycles. The molecule has 2 atom stereocenters. The van der Waals surface area contributed by atoms with E-state index in [1.165, 1.54) is 11.1 Å². The lowest BCUT2D eigenvalue weighted by molar-refractivity contribution is -0.0231. The van der Waals surface area contributed by atoms with Gasteiger partial charge in [-0.15, -0.1) is 5.26 Å². The van der Waals surface area contributed by atoms with Crippen molar-refractivity contribution in [3.05, 3.63) is 125 Å². The van der Waals surface area contributed by atoms with Gasteiger partial charge in [-0.3, -0.25) is 10.6 Å². The average molecular weight is 608 g/mol. The number of aryl methyl sites for hydroxylation is 1. The van der Waals surface area contributed by atoms with Crippen LogP contribution in [-0.4, -0.2) is 37.6 Å². The molecule has 0 aliphatic carbocycles. The largest absolute Gasteiger partial charge is 0.447 e. The van der Waals surface area contributed by atoms with Crippen molar-refractivity contribution >= 4 is 23.6 Å². The summed E-state index contributed by atoms with van der Waals surface area (Å²) in [6, 6.07) is 30.8. The SMILES string of the molecule is Cc1ccc(Cc2ccc(NC(=O)OCC(C)OCC(C)OC(=O)Nc3ccc(Cc4ccc(OC#N)cc4)cc3)cc2)cc1. The van der Waals surface area contributed by atoms with Crippen LogP contribution >= 0.6 is 0 Å². The van der Waals surface area contributed by atoms with Gasteiger partial charge in [0.1, 0.15) is 18.5 Å². The number of anilines is 2. The molecule has 0 heterocycles. The van der Waals surface area contributed by atoms with Crippen molar-refractivity contribution in [1.82, 2.24) is 0 Å². The highest BCUT2D eigenvalue weighted by Crippen LogP contribution is 2.18. The fraction of sp³-hybridized carbons (Fsp3) is 0.250. The first-order valence-corrected chi connectivity index (χ1v) is 14.7. The third-order valence-corrected chi connectivity index (χ3v) is 6.80. The summed E-state index contributed by atoms with van der Waals surface area (Å²) in [7, 11) is 0. The summed E-state index contributed by atoms with van der Waals surface area (Å²) in [5.74, 6) is 0.497. The predicted molar refractivity (Wildman–Crippen MR) is 172 cm³/mol. The van der Waals surface area contributed by atoms with Crippen molar-refractivity contribution < 1.29 is 28.5 Å². The Morgan fingerprint density at radius 3 is 1.64 bits per heavy atom. The van der Waals surface area contributed by atoms with Gasteiger partial charge in [-0.25, -0.2) is 9.59 Å². The van der Waals surface area contributed by atoms with Gasteiger partial charge in [0.25, 0.3) is 6.26 Å². The number of benzene rings is 4. The summed E-state index contributed by atoms with van der Waals surface area (Å²) >= 11 is 0. The van der Waals surface area contributed by atoms with Gasteiger partial charge in [-0.2, -0.15) is 0 Å². The molecule has 45 heavy (non-hydrogen) atoms. The molecule has 2 amide bonds. The Labute approximate surface area is 263 Å². The highest BCUT2D eigenvalue weighted by Gasteiger charge is 2.14. The minimum absolute atomic E-state index is 0.0421. The van der Waals surface area contributed by atoms with Crippen LogP contribution in [0.2, 0.25) is 0 Å². The van der Waals surface area contributed by atoms with E-state index in [-0.39, 0.29) is 13.2 Å². The average Bonchev–Trinajstić information content (AvgIpc) is 3.03. The monoisotopic (exact) mass is 607 g/mol. The maximum absolute atomic E-state index is 12.3. The van der Waals surface area contributed by atoms with E-state index in [2.05, 4.69) is 41.8 Å². The zero-order valence-electron chi connectivity index (χ0n) is 25.6. The normalized spacial score (nSPS) is 11.9. The summed E-state index contributed by atoms with van der Waals surface area (Å²) in [5.41, 5.74) is 6.96. The van der Waals surface area contributed by atoms with Crippen LogP contribution in [0.25, 0.3) is 0 Å². The molecule has 4 rings (SSSR count). The minimum atomic E-state index is -0.597. The zero-order valence-corrected chi connectivity index (χ0v) is 25.6. The molecule has 0 radical (unpaired) electrons. The van der Waals surface area contributed by atoms with Gasteiger partial charge in [0.15, 0.2) is 0 Å². The third kappa shape index (κ3) is 11.4. The second-order valence-corrected chi connectivity index (χ2v) is 10.8. The zero-order chi connectivity index (χ0) is 32.0. The summed E-state index contributed by atoms with van der Waals surface area (Å²) in [4.78, 5) is 24.6. The van der Waals surface area contributed by atoms with Crippen LogP contribution in [0.1, 0.15) is 41.7 Å². The second-order valence-electron chi connectivity index (χ2n) is 10.8. The molecular formula is C36H37N3O6. The first-order valence-electron chi connectivity index (χ1n) is 14.7. The highest BCUT2D eigenvalue weighted by atomic mass is 16.6. The summed E-state index contributed by atoms with van der Waals surface area (Å²) < 4.78 is 21.2. The molecule has 0 aliphatic rings. The van der Waals surface area contributed by atoms with E-state index >= 15 is 0 Å². The minimum Gasteiger partial charge on any atom is -0.447 e. The van der Waals surface area contributed by atoms with Gasteiger partial charge < -0.3 is 18.9 Å². The van der Waals surface area contributed by atoms with Gasteiger partial charge in [0.2, 0.25) is 0 Å². The van der Waals surface area contributed by atoms with Gasteiger partial charge in [-0.1, -0.05) is 66.2 Å². The van der Waals surface area contributed by atoms with Crippen molar-refractivity contribution in [2.45, 2.75) is 45.8 Å². The van der Waals surface area contributed by atoms with Crippen molar-refractivity contribution in [2.24, 2.45) is 0 Å². The van der Waals surface area contributed by atoms with Crippen molar-refractivity contribution in [3.63, 3.8) is 0 Å². The Balaban J connectivity index is 1.10. The Morgan fingerprint density at radius 2 is 1.13 bits per heavy atom. The number of carbonyl (C=O) groups excluding carboxylic acids is 2. The lowest BCUT2D eigenvalue weighted by Crippen LogP contribution is -2.28. The molecule has 2 N–H and O–H groups in total. The Kier molecular flexibility index (Phi) is 11.9. The number of nitrogens with one attached hydrogen (secondary N) is 2. The highest BCUT2D eigenvalue weighted by molar-refractivity contribution is 5.85. The molecule has 0 bridgehead atoms. The molecule has 4 aromatic carbocycles. The van der Waals surface area contributed by atoms with E-state index in [1.54, 1.807) is 44.4 Å². The molecule has 9 nitrogen and oxygen atoms in total. The maximum atomic E-state index is 12.3. The van der Waals surface area contributed by atoms with Gasteiger partial charge >= 0.3 is 12.2 Å². The number of nitrogens with zero attached hydrogens (tertiary/aromatic N) is 1. The van der Waals surface area contributed by atoms with Crippen molar-refractivity contribution in [2.75, 3.05) is 23.8 Å². The smallest absolute Gasteiger partial charge is 0.411 e. The molecule has 232 valence electrons. The van der Waals surface area contributed by atoms with E-state index in [0.717, 1.165) is 23.1 Å². The van der Waals surface area contributed by atoms with Crippen LogP contribution in [-0.2, 0) is 27.1 Å². The van der Waals surface area contributed by atoms with Gasteiger partial charge in [0, 0.05) is 11.4 Å². The molecular weight excluding hydrogens is 570 g/mol. The lowest BCUT2D eigenvalue weighted by Gasteiger charge is -2.18. The standard InChI is InChI=1S/C36H37N3O6/c1-25-4-6-28(7-5-25)20-29-8-14-32(15-9-29)38-35(40)43-22-26(2)42-23-27(3)45-36(41)39-33-16-10-30(11-17-33)21-31-12-18-34(19-13-31)44-24-37/h4-19,26-27H,20-23H2,1-3H3,(H,38,40)(H,39,41). The molecule has 4 aromatic rings. The third-order valence-electron chi connectivity index (χ3n) is 6.80. The molecule has 0 fully saturated rings. The molecule has 0 aromatic heterocycles. The van der Waals surface area contributed by atoms with E-state index in [9.17, 15) is 9.59 Å². The van der Waals surface area contributed by atoms with Crippen LogP contribution in [0.3, 0.4) is 0 Å². The van der Waals surface area contributed by atoms with Gasteiger partial charge in [0.05, 0.1) is 12.7 Å². The van der Waals surface area contributed by atoms with Crippen LogP contribution in [0, 0.1) is 18.4 Å². The van der Waals surface area contributed by atoms with E-state index < -0.39 is 24.4 Å². The number of nitriles is 1. The summed E-state index contributed by atoms with van der Waals surface area (Å²) in [6.07, 6.45) is 1.07. The second kappa shape index (κ2) is 16.5. The topological polar surface area (TPSA) is 119 Å². The van der Waals surface area contributed by atoms with Crippen molar-refractivity contribution in [3.8, 4) is 12.0 Å². The van der Waals surface area contributed by atoms with E-state index in [4.69, 9.17) is 24.2 Å². The van der Waals surface area contributed by atoms with Crippen LogP contribution in [0.5, 0.6) is 5.75 Å². The van der Waals surface area contributed by atoms with Crippen molar-refractivity contribution in [1.29, 1.82) is 5.26 Å². The van der Waals surface area contributed by atoms with E-state index in [0.29, 0.717) is 23.5 Å².